The van der Waals surface area contributed by atoms with E-state index in [2.05, 4.69) is 0 Å². The number of methoxy groups -OCH3 is 1. The van der Waals surface area contributed by atoms with Crippen molar-refractivity contribution in [2.24, 2.45) is 23.7 Å². The number of ether oxygens (including phenoxy) is 7. The Morgan fingerprint density at radius 3 is 1.81 bits per heavy atom. The third kappa shape index (κ3) is 8.06. The summed E-state index contributed by atoms with van der Waals surface area (Å²) < 4.78 is 54.1. The van der Waals surface area contributed by atoms with Crippen molar-refractivity contribution in [3.63, 3.8) is 0 Å². The smallest absolute Gasteiger partial charge is 0.494 e. The molecule has 0 spiro atoms. The molecule has 4 bridgehead atoms. The van der Waals surface area contributed by atoms with Crippen molar-refractivity contribution >= 4 is 53.8 Å². The van der Waals surface area contributed by atoms with Crippen LogP contribution in [-0.2, 0) is 56.9 Å². The first-order valence-corrected chi connectivity index (χ1v) is 18.7. The zero-order valence-corrected chi connectivity index (χ0v) is 32.6. The van der Waals surface area contributed by atoms with Gasteiger partial charge in [0.2, 0.25) is 12.4 Å². The van der Waals surface area contributed by atoms with Crippen LogP contribution in [0.4, 0.5) is 0 Å². The molecule has 1 aromatic carbocycles. The molecular weight excluding hydrogens is 711 g/mol. The van der Waals surface area contributed by atoms with E-state index >= 15 is 0 Å². The van der Waals surface area contributed by atoms with Gasteiger partial charge in [-0.2, -0.15) is 0 Å². The minimum Gasteiger partial charge on any atom is -0.496 e. The van der Waals surface area contributed by atoms with Gasteiger partial charge in [-0.05, 0) is 107 Å². The first-order valence-electron chi connectivity index (χ1n) is 18.3. The van der Waals surface area contributed by atoms with Crippen molar-refractivity contribution in [1.29, 1.82) is 0 Å². The van der Waals surface area contributed by atoms with Crippen LogP contribution in [0.5, 0.6) is 5.75 Å². The van der Waals surface area contributed by atoms with Crippen LogP contribution in [0.1, 0.15) is 93.1 Å². The highest BCUT2D eigenvalue weighted by Crippen LogP contribution is 2.58. The highest BCUT2D eigenvalue weighted by molar-refractivity contribution is 6.62. The SMILES string of the molecule is COC(=C1C2CC3CC(C2)CC1C3)c1cc(B2OC(C)(C)C(C)(C)O2)cc(O[C@@H]2OC(COC(C)=O)[C@H](OC(C)=O)C(OC(C)=O)C2OC(C)=O)c1Cl. The number of hydrogen-bond acceptors (Lipinski definition) is 13. The molecule has 6 fully saturated rings. The summed E-state index contributed by atoms with van der Waals surface area (Å²) in [7, 11) is 0.820. The topological polar surface area (TPSA) is 151 Å². The fourth-order valence-corrected chi connectivity index (χ4v) is 9.08. The van der Waals surface area contributed by atoms with E-state index in [9.17, 15) is 19.2 Å². The molecule has 3 unspecified atom stereocenters. The lowest BCUT2D eigenvalue weighted by molar-refractivity contribution is -0.288. The van der Waals surface area contributed by atoms with E-state index in [4.69, 9.17) is 54.1 Å². The summed E-state index contributed by atoms with van der Waals surface area (Å²) in [6.45, 7) is 12.1. The number of benzene rings is 1. The molecule has 13 nitrogen and oxygen atoms in total. The van der Waals surface area contributed by atoms with Crippen LogP contribution in [0.2, 0.25) is 5.02 Å². The quantitative estimate of drug-likeness (QED) is 0.138. The van der Waals surface area contributed by atoms with Gasteiger partial charge in [-0.3, -0.25) is 19.2 Å². The summed E-state index contributed by atoms with van der Waals surface area (Å²) >= 11 is 7.31. The fourth-order valence-electron chi connectivity index (χ4n) is 8.84. The zero-order valence-electron chi connectivity index (χ0n) is 31.9. The van der Waals surface area contributed by atoms with Gasteiger partial charge >= 0.3 is 31.0 Å². The largest absolute Gasteiger partial charge is 0.496 e. The zero-order chi connectivity index (χ0) is 38.6. The maximum atomic E-state index is 12.5. The maximum Gasteiger partial charge on any atom is 0.494 e. The Hall–Kier alpha value is -3.33. The van der Waals surface area contributed by atoms with E-state index in [-0.39, 0.29) is 10.8 Å². The molecule has 290 valence electrons. The molecule has 5 atom stereocenters. The molecule has 1 aromatic rings. The average Bonchev–Trinajstić information content (AvgIpc) is 3.27. The van der Waals surface area contributed by atoms with Crippen LogP contribution in [0.15, 0.2) is 17.7 Å². The molecule has 4 aliphatic carbocycles. The van der Waals surface area contributed by atoms with Gasteiger partial charge in [0.15, 0.2) is 12.2 Å². The molecule has 0 aromatic heterocycles. The Balaban J connectivity index is 1.47. The number of carbonyl (C=O) groups excluding carboxylic acids is 4. The summed E-state index contributed by atoms with van der Waals surface area (Å²) in [5.74, 6) is 0.0799. The van der Waals surface area contributed by atoms with Crippen molar-refractivity contribution in [3.8, 4) is 5.75 Å². The van der Waals surface area contributed by atoms with Gasteiger partial charge < -0.3 is 42.5 Å². The van der Waals surface area contributed by atoms with Gasteiger partial charge in [0.1, 0.15) is 24.2 Å². The molecule has 0 N–H and O–H groups in total. The number of halogens is 1. The van der Waals surface area contributed by atoms with Crippen molar-refractivity contribution < 1.29 is 61.6 Å². The second-order valence-corrected chi connectivity index (χ2v) is 16.3. The van der Waals surface area contributed by atoms with Crippen molar-refractivity contribution in [3.05, 3.63) is 28.3 Å². The van der Waals surface area contributed by atoms with Crippen LogP contribution in [0.3, 0.4) is 0 Å². The lowest BCUT2D eigenvalue weighted by Gasteiger charge is -2.51. The van der Waals surface area contributed by atoms with Crippen LogP contribution >= 0.6 is 11.6 Å². The summed E-state index contributed by atoms with van der Waals surface area (Å²) in [5.41, 5.74) is 1.09. The summed E-state index contributed by atoms with van der Waals surface area (Å²) in [6, 6.07) is 3.57. The summed E-state index contributed by atoms with van der Waals surface area (Å²) in [5, 5.41) is 0.191. The molecule has 2 saturated heterocycles. The molecule has 6 aliphatic rings. The highest BCUT2D eigenvalue weighted by atomic mass is 35.5. The fraction of sp³-hybridized carbons (Fsp3) is 0.684. The van der Waals surface area contributed by atoms with Crippen LogP contribution in [0, 0.1) is 23.7 Å². The van der Waals surface area contributed by atoms with Gasteiger partial charge in [-0.1, -0.05) is 11.6 Å². The van der Waals surface area contributed by atoms with E-state index in [1.165, 1.54) is 25.8 Å². The monoisotopic (exact) mass is 760 g/mol. The third-order valence-electron chi connectivity index (χ3n) is 11.5. The second kappa shape index (κ2) is 15.1. The van der Waals surface area contributed by atoms with E-state index in [1.54, 1.807) is 13.2 Å². The van der Waals surface area contributed by atoms with E-state index in [0.29, 0.717) is 40.5 Å². The van der Waals surface area contributed by atoms with E-state index in [0.717, 1.165) is 39.5 Å². The Labute approximate surface area is 315 Å². The van der Waals surface area contributed by atoms with Gasteiger partial charge in [-0.25, -0.2) is 0 Å². The third-order valence-corrected chi connectivity index (χ3v) is 11.9. The van der Waals surface area contributed by atoms with Gasteiger partial charge in [0.25, 0.3) is 0 Å². The minimum atomic E-state index is -1.51. The molecule has 4 saturated carbocycles. The number of esters is 4. The predicted octanol–water partition coefficient (Wildman–Crippen LogP) is 4.91. The van der Waals surface area contributed by atoms with Crippen molar-refractivity contribution in [2.75, 3.05) is 13.7 Å². The highest BCUT2D eigenvalue weighted by Gasteiger charge is 2.55. The Morgan fingerprint density at radius 2 is 1.30 bits per heavy atom. The first-order chi connectivity index (χ1) is 24.9. The average molecular weight is 761 g/mol. The van der Waals surface area contributed by atoms with Crippen LogP contribution < -0.4 is 10.2 Å². The Morgan fingerprint density at radius 1 is 0.774 bits per heavy atom. The van der Waals surface area contributed by atoms with Crippen molar-refractivity contribution in [1.82, 2.24) is 0 Å². The Kier molecular flexibility index (Phi) is 11.2. The normalized spacial score (nSPS) is 32.2. The molecule has 0 amide bonds. The molecule has 2 heterocycles. The van der Waals surface area contributed by atoms with Crippen LogP contribution in [0.25, 0.3) is 5.76 Å². The van der Waals surface area contributed by atoms with Crippen LogP contribution in [-0.4, -0.2) is 86.6 Å². The summed E-state index contributed by atoms with van der Waals surface area (Å²) in [6.07, 6.45) is -1.22. The molecule has 7 rings (SSSR count). The van der Waals surface area contributed by atoms with Gasteiger partial charge in [-0.15, -0.1) is 0 Å². The first kappa shape index (κ1) is 39.4. The molecular formula is C38H50BClO13. The number of carbonyl (C=O) groups is 4. The Bertz CT molecular complexity index is 1610. The molecule has 53 heavy (non-hydrogen) atoms. The number of rotatable bonds is 10. The lowest BCUT2D eigenvalue weighted by Crippen LogP contribution is -2.63. The summed E-state index contributed by atoms with van der Waals surface area (Å²) in [4.78, 5) is 49.1. The predicted molar refractivity (Wildman–Crippen MR) is 191 cm³/mol. The molecule has 15 heteroatoms. The number of hydrogen-bond donors (Lipinski definition) is 0. The van der Waals surface area contributed by atoms with Gasteiger partial charge in [0, 0.05) is 33.3 Å². The standard InChI is InChI=1S/C38H50BClO13/c1-18(41)46-17-29-33(47-19(2)42)34(48-20(3)43)35(49-21(4)44)36(51-29)50-28-16-26(39-52-37(5,6)38(7,8)53-39)15-27(31(28)40)32(45-9)30-24-11-22-10-23(13-24)14-25(30)12-22/h15-16,22-25,29,33-36H,10-14,17H2,1-9H3/t22?,23?,24?,25?,29?,33-,34?,35?,36+/m0/s1. The van der Waals surface area contributed by atoms with Gasteiger partial charge in [0.05, 0.1) is 23.3 Å². The number of allylic oxidation sites excluding steroid dienone is 1. The van der Waals surface area contributed by atoms with E-state index in [1.807, 2.05) is 33.8 Å². The lowest BCUT2D eigenvalue weighted by atomic mass is 9.54. The van der Waals surface area contributed by atoms with Crippen molar-refractivity contribution in [2.45, 2.75) is 129 Å². The molecule has 0 radical (unpaired) electrons. The maximum absolute atomic E-state index is 12.5. The molecule has 2 aliphatic heterocycles. The second-order valence-electron chi connectivity index (χ2n) is 15.9. The van der Waals surface area contributed by atoms with E-state index < -0.39 is 79.5 Å². The minimum absolute atomic E-state index is 0.105.